The molecule has 4 aromatic heterocycles. The Morgan fingerprint density at radius 3 is 2.68 bits per heavy atom. The maximum absolute atomic E-state index is 13.6. The monoisotopic (exact) mass is 543 g/mol. The maximum atomic E-state index is 13.6. The molecule has 0 atom stereocenters. The van der Waals surface area contributed by atoms with Crippen LogP contribution in [0.2, 0.25) is 5.02 Å². The molecule has 0 spiro atoms. The molecular weight excluding hydrogens is 528 g/mol. The van der Waals surface area contributed by atoms with Crippen LogP contribution in [0.5, 0.6) is 5.75 Å². The molecule has 0 aliphatic heterocycles. The number of fused-ring (bicyclic) bond motifs is 1. The van der Waals surface area contributed by atoms with Crippen molar-refractivity contribution in [1.82, 2.24) is 14.8 Å². The van der Waals surface area contributed by atoms with Crippen LogP contribution in [0.25, 0.3) is 21.5 Å². The van der Waals surface area contributed by atoms with Gasteiger partial charge in [0.2, 0.25) is 0 Å². The SMILES string of the molecule is NC(=O)c1sc2nc(C(F)F)cc(-c3ccco3)c2c1NC(=O)c1ccnn1COc1ccc(Cl)cc1. The quantitative estimate of drug-likeness (QED) is 0.257. The minimum Gasteiger partial charge on any atom is -0.471 e. The fraction of sp³-hybridized carbons (Fsp3) is 0.0833. The van der Waals surface area contributed by atoms with Crippen LogP contribution in [0.3, 0.4) is 0 Å². The Balaban J connectivity index is 1.52. The number of thiophene rings is 1. The first-order valence-corrected chi connectivity index (χ1v) is 11.8. The lowest BCUT2D eigenvalue weighted by molar-refractivity contribution is 0.100. The highest BCUT2D eigenvalue weighted by molar-refractivity contribution is 7.21. The number of nitrogens with zero attached hydrogens (tertiary/aromatic N) is 3. The molecule has 9 nitrogen and oxygen atoms in total. The summed E-state index contributed by atoms with van der Waals surface area (Å²) < 4.78 is 39.5. The Morgan fingerprint density at radius 2 is 2.00 bits per heavy atom. The van der Waals surface area contributed by atoms with Gasteiger partial charge in [0, 0.05) is 22.2 Å². The number of ether oxygens (including phenoxy) is 1. The summed E-state index contributed by atoms with van der Waals surface area (Å²) in [7, 11) is 0. The van der Waals surface area contributed by atoms with E-state index in [-0.39, 0.29) is 44.5 Å². The molecule has 37 heavy (non-hydrogen) atoms. The van der Waals surface area contributed by atoms with Crippen molar-refractivity contribution in [2.75, 3.05) is 5.32 Å². The van der Waals surface area contributed by atoms with Gasteiger partial charge >= 0.3 is 0 Å². The molecule has 0 radical (unpaired) electrons. The fourth-order valence-electron chi connectivity index (χ4n) is 3.62. The molecule has 0 aliphatic carbocycles. The van der Waals surface area contributed by atoms with E-state index in [1.165, 1.54) is 23.2 Å². The van der Waals surface area contributed by atoms with Gasteiger partial charge in [-0.15, -0.1) is 11.3 Å². The van der Waals surface area contributed by atoms with Crippen molar-refractivity contribution in [3.8, 4) is 17.1 Å². The molecule has 13 heteroatoms. The second-order valence-electron chi connectivity index (χ2n) is 7.62. The molecule has 4 heterocycles. The van der Waals surface area contributed by atoms with Gasteiger partial charge in [-0.25, -0.2) is 18.4 Å². The van der Waals surface area contributed by atoms with E-state index < -0.39 is 23.9 Å². The molecule has 5 rings (SSSR count). The van der Waals surface area contributed by atoms with Crippen molar-refractivity contribution < 1.29 is 27.5 Å². The molecule has 0 bridgehead atoms. The molecule has 5 aromatic rings. The van der Waals surface area contributed by atoms with Gasteiger partial charge < -0.3 is 20.2 Å². The van der Waals surface area contributed by atoms with E-state index in [0.717, 1.165) is 17.4 Å². The van der Waals surface area contributed by atoms with Gasteiger partial charge in [0.25, 0.3) is 18.2 Å². The Morgan fingerprint density at radius 1 is 1.22 bits per heavy atom. The molecular formula is C24H16ClF2N5O4S. The number of halogens is 3. The van der Waals surface area contributed by atoms with Crippen molar-refractivity contribution in [2.24, 2.45) is 5.73 Å². The van der Waals surface area contributed by atoms with Gasteiger partial charge in [0.05, 0.1) is 12.0 Å². The van der Waals surface area contributed by atoms with Gasteiger partial charge in [-0.2, -0.15) is 5.10 Å². The first-order chi connectivity index (χ1) is 17.8. The van der Waals surface area contributed by atoms with Crippen molar-refractivity contribution >= 4 is 50.7 Å². The number of rotatable bonds is 8. The van der Waals surface area contributed by atoms with Crippen LogP contribution in [-0.4, -0.2) is 26.6 Å². The topological polar surface area (TPSA) is 125 Å². The highest BCUT2D eigenvalue weighted by Crippen LogP contribution is 2.42. The predicted octanol–water partition coefficient (Wildman–Crippen LogP) is 5.73. The molecule has 2 amide bonds. The predicted molar refractivity (Wildman–Crippen MR) is 133 cm³/mol. The first-order valence-electron chi connectivity index (χ1n) is 10.6. The number of alkyl halides is 2. The zero-order valence-electron chi connectivity index (χ0n) is 18.7. The number of primary amides is 1. The number of amides is 2. The highest BCUT2D eigenvalue weighted by Gasteiger charge is 2.26. The van der Waals surface area contributed by atoms with E-state index in [1.807, 2.05) is 0 Å². The lowest BCUT2D eigenvalue weighted by Crippen LogP contribution is -2.21. The summed E-state index contributed by atoms with van der Waals surface area (Å²) in [6.07, 6.45) is -0.0843. The summed E-state index contributed by atoms with van der Waals surface area (Å²) >= 11 is 6.68. The van der Waals surface area contributed by atoms with E-state index in [9.17, 15) is 18.4 Å². The van der Waals surface area contributed by atoms with Gasteiger partial charge in [0.1, 0.15) is 32.6 Å². The standard InChI is InChI=1S/C24H16ClF2N5O4S/c25-12-3-5-13(6-4-12)36-11-32-16(7-8-29-32)23(34)31-19-18-14(17-2-1-9-35-17)10-15(21(26)27)30-24(18)37-20(19)22(28)33/h1-10,21H,11H2,(H2,28,33)(H,31,34). The van der Waals surface area contributed by atoms with Gasteiger partial charge in [-0.05, 0) is 48.5 Å². The van der Waals surface area contributed by atoms with Crippen LogP contribution in [-0.2, 0) is 6.73 Å². The molecule has 188 valence electrons. The van der Waals surface area contributed by atoms with E-state index >= 15 is 0 Å². The average molecular weight is 544 g/mol. The van der Waals surface area contributed by atoms with Crippen LogP contribution < -0.4 is 15.8 Å². The number of anilines is 1. The second kappa shape index (κ2) is 9.99. The van der Waals surface area contributed by atoms with E-state index in [2.05, 4.69) is 15.4 Å². The first kappa shape index (κ1) is 24.4. The number of nitrogens with one attached hydrogen (secondary N) is 1. The summed E-state index contributed by atoms with van der Waals surface area (Å²) in [5.41, 5.74) is 5.43. The summed E-state index contributed by atoms with van der Waals surface area (Å²) in [6.45, 7) is -0.0958. The van der Waals surface area contributed by atoms with Gasteiger partial charge in [0.15, 0.2) is 6.73 Å². The smallest absolute Gasteiger partial charge is 0.280 e. The molecule has 1 aromatic carbocycles. The van der Waals surface area contributed by atoms with Crippen LogP contribution in [0, 0.1) is 0 Å². The number of benzene rings is 1. The molecule has 0 unspecified atom stereocenters. The van der Waals surface area contributed by atoms with Crippen molar-refractivity contribution in [1.29, 1.82) is 0 Å². The van der Waals surface area contributed by atoms with Crippen LogP contribution >= 0.6 is 22.9 Å². The number of aromatic nitrogens is 3. The lowest BCUT2D eigenvalue weighted by atomic mass is 10.1. The number of hydrogen-bond donors (Lipinski definition) is 2. The van der Waals surface area contributed by atoms with E-state index in [4.69, 9.17) is 26.5 Å². The van der Waals surface area contributed by atoms with Crippen molar-refractivity contribution in [3.63, 3.8) is 0 Å². The normalized spacial score (nSPS) is 11.2. The Hall–Kier alpha value is -4.29. The third-order valence-corrected chi connectivity index (χ3v) is 6.62. The number of pyridine rings is 1. The third-order valence-electron chi connectivity index (χ3n) is 5.27. The van der Waals surface area contributed by atoms with E-state index in [0.29, 0.717) is 10.8 Å². The fourth-order valence-corrected chi connectivity index (χ4v) is 4.76. The van der Waals surface area contributed by atoms with Crippen LogP contribution in [0.4, 0.5) is 14.5 Å². The van der Waals surface area contributed by atoms with E-state index in [1.54, 1.807) is 36.4 Å². The summed E-state index contributed by atoms with van der Waals surface area (Å²) in [4.78, 5) is 29.6. The Bertz CT molecular complexity index is 1600. The molecule has 0 saturated heterocycles. The summed E-state index contributed by atoms with van der Waals surface area (Å²) in [6, 6.07) is 12.4. The summed E-state index contributed by atoms with van der Waals surface area (Å²) in [5.74, 6) is -0.736. The molecule has 0 fully saturated rings. The zero-order valence-corrected chi connectivity index (χ0v) is 20.2. The van der Waals surface area contributed by atoms with Gasteiger partial charge in [-0.1, -0.05) is 11.6 Å². The minimum atomic E-state index is -2.87. The largest absolute Gasteiger partial charge is 0.471 e. The summed E-state index contributed by atoms with van der Waals surface area (Å²) in [5, 5.41) is 7.59. The number of hydrogen-bond acceptors (Lipinski definition) is 7. The minimum absolute atomic E-state index is 0.0311. The Kier molecular flexibility index (Phi) is 6.59. The van der Waals surface area contributed by atoms with Crippen molar-refractivity contribution in [2.45, 2.75) is 13.2 Å². The Labute approximate surface area is 216 Å². The van der Waals surface area contributed by atoms with Crippen molar-refractivity contribution in [3.05, 3.63) is 82.3 Å². The maximum Gasteiger partial charge on any atom is 0.280 e. The second-order valence-corrected chi connectivity index (χ2v) is 9.06. The third kappa shape index (κ3) is 4.88. The highest BCUT2D eigenvalue weighted by atomic mass is 35.5. The number of carbonyl (C=O) groups is 2. The number of nitrogens with two attached hydrogens (primary N) is 1. The molecule has 0 saturated carbocycles. The average Bonchev–Trinajstić information content (AvgIpc) is 3.63. The van der Waals surface area contributed by atoms with Crippen LogP contribution in [0.1, 0.15) is 32.3 Å². The lowest BCUT2D eigenvalue weighted by Gasteiger charge is -2.11. The molecule has 0 aliphatic rings. The number of carbonyl (C=O) groups excluding carboxylic acids is 2. The van der Waals surface area contributed by atoms with Gasteiger partial charge in [-0.3, -0.25) is 9.59 Å². The molecule has 3 N–H and O–H groups in total. The zero-order chi connectivity index (χ0) is 26.1. The van der Waals surface area contributed by atoms with Crippen LogP contribution in [0.15, 0.2) is 65.4 Å². The number of furan rings is 1.